The van der Waals surface area contributed by atoms with E-state index in [0.717, 1.165) is 12.0 Å². The molecule has 3 heteroatoms. The van der Waals surface area contributed by atoms with Crippen LogP contribution in [0.3, 0.4) is 0 Å². The van der Waals surface area contributed by atoms with Gasteiger partial charge in [-0.15, -0.1) is 0 Å². The van der Waals surface area contributed by atoms with E-state index in [4.69, 9.17) is 9.47 Å². The van der Waals surface area contributed by atoms with Gasteiger partial charge in [-0.3, -0.25) is 0 Å². The number of aliphatic hydroxyl groups is 1. The molecule has 0 saturated carbocycles. The average Bonchev–Trinajstić information content (AvgIpc) is 2.52. The largest absolute Gasteiger partial charge is 0.497 e. The third kappa shape index (κ3) is 3.75. The summed E-state index contributed by atoms with van der Waals surface area (Å²) in [6.45, 7) is 0. The lowest BCUT2D eigenvalue weighted by molar-refractivity contribution is 0.167. The third-order valence-electron chi connectivity index (χ3n) is 3.31. The molecule has 1 atom stereocenters. The minimum Gasteiger partial charge on any atom is -0.497 e. The van der Waals surface area contributed by atoms with Gasteiger partial charge >= 0.3 is 0 Å². The molecule has 2 aromatic rings. The van der Waals surface area contributed by atoms with Crippen LogP contribution in [0.25, 0.3) is 0 Å². The van der Waals surface area contributed by atoms with Crippen molar-refractivity contribution in [3.63, 3.8) is 0 Å². The van der Waals surface area contributed by atoms with Gasteiger partial charge in [0.15, 0.2) is 0 Å². The number of hydrogen-bond donors (Lipinski definition) is 1. The van der Waals surface area contributed by atoms with Gasteiger partial charge in [-0.1, -0.05) is 30.3 Å². The fraction of sp³-hybridized carbons (Fsp3) is 0.294. The minimum absolute atomic E-state index is 0.529. The van der Waals surface area contributed by atoms with Gasteiger partial charge in [0, 0.05) is 6.07 Å². The molecule has 0 fully saturated rings. The SMILES string of the molecule is COc1cc(OC)cc([C@@H](O)CCc2ccccc2)c1. The van der Waals surface area contributed by atoms with Crippen molar-refractivity contribution in [3.05, 3.63) is 59.7 Å². The number of ether oxygens (including phenoxy) is 2. The Hall–Kier alpha value is -2.00. The van der Waals surface area contributed by atoms with Crippen LogP contribution >= 0.6 is 0 Å². The van der Waals surface area contributed by atoms with Crippen LogP contribution in [-0.2, 0) is 6.42 Å². The van der Waals surface area contributed by atoms with Crippen molar-refractivity contribution >= 4 is 0 Å². The molecule has 0 aromatic heterocycles. The van der Waals surface area contributed by atoms with E-state index in [1.54, 1.807) is 20.3 Å². The summed E-state index contributed by atoms with van der Waals surface area (Å²) in [5, 5.41) is 10.3. The van der Waals surface area contributed by atoms with Gasteiger partial charge in [0.05, 0.1) is 20.3 Å². The molecule has 0 radical (unpaired) electrons. The smallest absolute Gasteiger partial charge is 0.122 e. The lowest BCUT2D eigenvalue weighted by atomic mass is 10.0. The fourth-order valence-corrected chi connectivity index (χ4v) is 2.14. The second-order valence-corrected chi connectivity index (χ2v) is 4.69. The van der Waals surface area contributed by atoms with Crippen molar-refractivity contribution in [1.29, 1.82) is 0 Å². The first-order valence-corrected chi connectivity index (χ1v) is 6.68. The van der Waals surface area contributed by atoms with Crippen LogP contribution in [0, 0.1) is 0 Å². The van der Waals surface area contributed by atoms with Crippen LogP contribution in [0.1, 0.15) is 23.7 Å². The summed E-state index contributed by atoms with van der Waals surface area (Å²) in [5.41, 5.74) is 2.04. The van der Waals surface area contributed by atoms with Gasteiger partial charge in [0.2, 0.25) is 0 Å². The number of aliphatic hydroxyl groups excluding tert-OH is 1. The Labute approximate surface area is 119 Å². The maximum absolute atomic E-state index is 10.3. The van der Waals surface area contributed by atoms with E-state index in [2.05, 4.69) is 12.1 Å². The molecule has 1 N–H and O–H groups in total. The molecular formula is C17H20O3. The zero-order chi connectivity index (χ0) is 14.4. The predicted molar refractivity (Wildman–Crippen MR) is 79.3 cm³/mol. The first kappa shape index (κ1) is 14.4. The molecule has 0 aliphatic carbocycles. The van der Waals surface area contributed by atoms with E-state index in [1.165, 1.54) is 5.56 Å². The van der Waals surface area contributed by atoms with E-state index in [1.807, 2.05) is 30.3 Å². The molecule has 0 aliphatic rings. The highest BCUT2D eigenvalue weighted by molar-refractivity contribution is 5.39. The van der Waals surface area contributed by atoms with E-state index >= 15 is 0 Å². The van der Waals surface area contributed by atoms with Crippen LogP contribution in [0.2, 0.25) is 0 Å². The van der Waals surface area contributed by atoms with E-state index in [0.29, 0.717) is 17.9 Å². The standard InChI is InChI=1S/C17H20O3/c1-19-15-10-14(11-16(12-15)20-2)17(18)9-8-13-6-4-3-5-7-13/h3-7,10-12,17-18H,8-9H2,1-2H3/t17-/m0/s1. The summed E-state index contributed by atoms with van der Waals surface area (Å²) < 4.78 is 10.4. The number of rotatable bonds is 6. The Morgan fingerprint density at radius 2 is 1.55 bits per heavy atom. The van der Waals surface area contributed by atoms with Gasteiger partial charge < -0.3 is 14.6 Å². The van der Waals surface area contributed by atoms with Crippen LogP contribution in [0.15, 0.2) is 48.5 Å². The van der Waals surface area contributed by atoms with E-state index in [9.17, 15) is 5.11 Å². The number of benzene rings is 2. The van der Waals surface area contributed by atoms with Crippen molar-refractivity contribution in [2.75, 3.05) is 14.2 Å². The molecule has 0 bridgehead atoms. The van der Waals surface area contributed by atoms with Crippen molar-refractivity contribution in [1.82, 2.24) is 0 Å². The van der Waals surface area contributed by atoms with Crippen molar-refractivity contribution in [2.24, 2.45) is 0 Å². The number of aryl methyl sites for hydroxylation is 1. The molecule has 0 aliphatic heterocycles. The normalized spacial score (nSPS) is 11.9. The summed E-state index contributed by atoms with van der Waals surface area (Å²) >= 11 is 0. The lowest BCUT2D eigenvalue weighted by Crippen LogP contribution is -2.01. The highest BCUT2D eigenvalue weighted by Gasteiger charge is 2.11. The summed E-state index contributed by atoms with van der Waals surface area (Å²) in [7, 11) is 3.21. The fourth-order valence-electron chi connectivity index (χ4n) is 2.14. The van der Waals surface area contributed by atoms with Crippen LogP contribution in [0.4, 0.5) is 0 Å². The maximum Gasteiger partial charge on any atom is 0.122 e. The second-order valence-electron chi connectivity index (χ2n) is 4.69. The van der Waals surface area contributed by atoms with Crippen molar-refractivity contribution in [3.8, 4) is 11.5 Å². The van der Waals surface area contributed by atoms with Gasteiger partial charge in [-0.2, -0.15) is 0 Å². The molecule has 2 rings (SSSR count). The molecule has 106 valence electrons. The Morgan fingerprint density at radius 3 is 2.10 bits per heavy atom. The van der Waals surface area contributed by atoms with Crippen LogP contribution in [-0.4, -0.2) is 19.3 Å². The lowest BCUT2D eigenvalue weighted by Gasteiger charge is -2.14. The molecule has 2 aromatic carbocycles. The molecule has 0 unspecified atom stereocenters. The molecule has 0 saturated heterocycles. The average molecular weight is 272 g/mol. The third-order valence-corrected chi connectivity index (χ3v) is 3.31. The van der Waals surface area contributed by atoms with E-state index in [-0.39, 0.29) is 0 Å². The Balaban J connectivity index is 2.06. The summed E-state index contributed by atoms with van der Waals surface area (Å²) in [4.78, 5) is 0. The minimum atomic E-state index is -0.529. The molecule has 0 heterocycles. The first-order chi connectivity index (χ1) is 9.72. The molecule has 3 nitrogen and oxygen atoms in total. The highest BCUT2D eigenvalue weighted by atomic mass is 16.5. The monoisotopic (exact) mass is 272 g/mol. The Bertz CT molecular complexity index is 515. The Kier molecular flexibility index (Phi) is 5.02. The zero-order valence-electron chi connectivity index (χ0n) is 11.9. The van der Waals surface area contributed by atoms with Gasteiger partial charge in [0.25, 0.3) is 0 Å². The van der Waals surface area contributed by atoms with Gasteiger partial charge in [0.1, 0.15) is 11.5 Å². The summed E-state index contributed by atoms with van der Waals surface area (Å²) in [6, 6.07) is 15.6. The van der Waals surface area contributed by atoms with Gasteiger partial charge in [-0.25, -0.2) is 0 Å². The van der Waals surface area contributed by atoms with E-state index < -0.39 is 6.10 Å². The van der Waals surface area contributed by atoms with Gasteiger partial charge in [-0.05, 0) is 36.1 Å². The Morgan fingerprint density at radius 1 is 0.950 bits per heavy atom. The van der Waals surface area contributed by atoms with Crippen LogP contribution in [0.5, 0.6) is 11.5 Å². The quantitative estimate of drug-likeness (QED) is 0.876. The van der Waals surface area contributed by atoms with Crippen LogP contribution < -0.4 is 9.47 Å². The summed E-state index contributed by atoms with van der Waals surface area (Å²) in [6.07, 6.45) is 0.973. The molecule has 20 heavy (non-hydrogen) atoms. The topological polar surface area (TPSA) is 38.7 Å². The summed E-state index contributed by atoms with van der Waals surface area (Å²) in [5.74, 6) is 1.39. The maximum atomic E-state index is 10.3. The second kappa shape index (κ2) is 6.96. The number of hydrogen-bond acceptors (Lipinski definition) is 3. The van der Waals surface area contributed by atoms with Crippen molar-refractivity contribution < 1.29 is 14.6 Å². The first-order valence-electron chi connectivity index (χ1n) is 6.68. The number of methoxy groups -OCH3 is 2. The highest BCUT2D eigenvalue weighted by Crippen LogP contribution is 2.28. The molecule has 0 spiro atoms. The molecular weight excluding hydrogens is 252 g/mol. The zero-order valence-corrected chi connectivity index (χ0v) is 11.9. The van der Waals surface area contributed by atoms with Crippen molar-refractivity contribution in [2.45, 2.75) is 18.9 Å². The molecule has 0 amide bonds. The predicted octanol–water partition coefficient (Wildman–Crippen LogP) is 3.37.